The maximum absolute atomic E-state index is 13.6. The van der Waals surface area contributed by atoms with Crippen molar-refractivity contribution in [3.8, 4) is 0 Å². The number of rotatable bonds is 2. The Balaban J connectivity index is 2.62. The molecule has 0 bridgehead atoms. The van der Waals surface area contributed by atoms with Crippen molar-refractivity contribution in [2.45, 2.75) is 50.5 Å². The third kappa shape index (κ3) is 3.61. The van der Waals surface area contributed by atoms with Crippen LogP contribution in [0.1, 0.15) is 38.5 Å². The van der Waals surface area contributed by atoms with E-state index in [1.54, 1.807) is 0 Å². The van der Waals surface area contributed by atoms with Crippen molar-refractivity contribution in [3.05, 3.63) is 12.7 Å². The number of halogens is 2. The number of carbonyl (C=O) groups is 1. The van der Waals surface area contributed by atoms with E-state index < -0.39 is 17.9 Å². The van der Waals surface area contributed by atoms with Crippen molar-refractivity contribution >= 4 is 5.91 Å². The van der Waals surface area contributed by atoms with Gasteiger partial charge in [0.15, 0.2) is 0 Å². The Labute approximate surface area is 88.7 Å². The normalized spacial score (nSPS) is 26.1. The lowest BCUT2D eigenvalue weighted by atomic mass is 9.93. The summed E-state index contributed by atoms with van der Waals surface area (Å²) in [7, 11) is 0. The molecule has 15 heavy (non-hydrogen) atoms. The third-order valence-electron chi connectivity index (χ3n) is 2.76. The average Bonchev–Trinajstić information content (AvgIpc) is 2.18. The van der Waals surface area contributed by atoms with Crippen LogP contribution in [0.25, 0.3) is 0 Å². The van der Waals surface area contributed by atoms with Gasteiger partial charge in [0.1, 0.15) is 0 Å². The second kappa shape index (κ2) is 5.24. The molecule has 0 aliphatic heterocycles. The Bertz CT molecular complexity index is 241. The highest BCUT2D eigenvalue weighted by Gasteiger charge is 2.39. The Morgan fingerprint density at radius 2 is 2.00 bits per heavy atom. The maximum atomic E-state index is 13.6. The van der Waals surface area contributed by atoms with Crippen LogP contribution in [0.4, 0.5) is 8.78 Å². The fourth-order valence-corrected chi connectivity index (χ4v) is 1.86. The molecule has 0 radical (unpaired) electrons. The zero-order chi connectivity index (χ0) is 11.3. The molecule has 0 aromatic rings. The second-order valence-corrected chi connectivity index (χ2v) is 3.98. The van der Waals surface area contributed by atoms with Gasteiger partial charge in [-0.2, -0.15) is 0 Å². The number of hydrogen-bond donors (Lipinski definition) is 1. The lowest BCUT2D eigenvalue weighted by molar-refractivity contribution is -0.122. The molecule has 1 atom stereocenters. The van der Waals surface area contributed by atoms with Crippen LogP contribution in [0, 0.1) is 0 Å². The van der Waals surface area contributed by atoms with Crippen LogP contribution >= 0.6 is 0 Å². The molecule has 86 valence electrons. The maximum Gasteiger partial charge on any atom is 0.267 e. The van der Waals surface area contributed by atoms with Crippen molar-refractivity contribution in [1.82, 2.24) is 5.32 Å². The molecule has 0 aromatic carbocycles. The summed E-state index contributed by atoms with van der Waals surface area (Å²) < 4.78 is 27.1. The molecule has 2 nitrogen and oxygen atoms in total. The molecule has 0 aromatic heterocycles. The minimum Gasteiger partial charge on any atom is -0.344 e. The highest BCUT2D eigenvalue weighted by molar-refractivity contribution is 5.87. The smallest absolute Gasteiger partial charge is 0.267 e. The minimum absolute atomic E-state index is 0.130. The molecule has 0 heterocycles. The molecule has 1 aliphatic carbocycles. The van der Waals surface area contributed by atoms with E-state index in [1.165, 1.54) is 0 Å². The molecule has 4 heteroatoms. The lowest BCUT2D eigenvalue weighted by Crippen LogP contribution is -2.47. The topological polar surface area (TPSA) is 29.1 Å². The molecule has 1 unspecified atom stereocenters. The number of alkyl halides is 2. The molecular weight excluding hydrogens is 200 g/mol. The lowest BCUT2D eigenvalue weighted by Gasteiger charge is -2.29. The van der Waals surface area contributed by atoms with Crippen LogP contribution in [0.2, 0.25) is 0 Å². The molecule has 1 aliphatic rings. The summed E-state index contributed by atoms with van der Waals surface area (Å²) in [5.41, 5.74) is 0. The average molecular weight is 217 g/mol. The first-order chi connectivity index (χ1) is 7.06. The first-order valence-corrected chi connectivity index (χ1v) is 5.37. The van der Waals surface area contributed by atoms with Gasteiger partial charge in [-0.3, -0.25) is 4.79 Å². The molecule has 0 saturated heterocycles. The van der Waals surface area contributed by atoms with E-state index in [2.05, 4.69) is 11.9 Å². The van der Waals surface area contributed by atoms with Gasteiger partial charge in [-0.1, -0.05) is 25.8 Å². The van der Waals surface area contributed by atoms with Gasteiger partial charge in [0, 0.05) is 6.42 Å². The van der Waals surface area contributed by atoms with Crippen LogP contribution in [0.15, 0.2) is 12.7 Å². The molecule has 1 N–H and O–H groups in total. The monoisotopic (exact) mass is 217 g/mol. The Morgan fingerprint density at radius 3 is 2.67 bits per heavy atom. The van der Waals surface area contributed by atoms with E-state index in [9.17, 15) is 13.6 Å². The summed E-state index contributed by atoms with van der Waals surface area (Å²) in [6.45, 7) is 3.26. The molecule has 1 fully saturated rings. The predicted octanol–water partition coefficient (Wildman–Crippen LogP) is 2.65. The quantitative estimate of drug-likeness (QED) is 0.708. The summed E-state index contributed by atoms with van der Waals surface area (Å²) in [6, 6.07) is -1.02. The van der Waals surface area contributed by atoms with Crippen molar-refractivity contribution < 1.29 is 13.6 Å². The van der Waals surface area contributed by atoms with E-state index in [1.807, 2.05) is 0 Å². The number of nitrogens with one attached hydrogen (secondary N) is 1. The SMILES string of the molecule is C=CC(=O)NC1CCCCCCC1(F)F. The largest absolute Gasteiger partial charge is 0.344 e. The number of amides is 1. The van der Waals surface area contributed by atoms with Gasteiger partial charge >= 0.3 is 0 Å². The summed E-state index contributed by atoms with van der Waals surface area (Å²) in [5.74, 6) is -3.29. The fourth-order valence-electron chi connectivity index (χ4n) is 1.86. The highest BCUT2D eigenvalue weighted by Crippen LogP contribution is 2.31. The summed E-state index contributed by atoms with van der Waals surface area (Å²) in [4.78, 5) is 11.0. The molecule has 1 rings (SSSR count). The van der Waals surface area contributed by atoms with Crippen LogP contribution < -0.4 is 5.32 Å². The molecule has 1 amide bonds. The van der Waals surface area contributed by atoms with E-state index >= 15 is 0 Å². The molecular formula is C11H17F2NO. The fraction of sp³-hybridized carbons (Fsp3) is 0.727. The van der Waals surface area contributed by atoms with Crippen LogP contribution in [0.5, 0.6) is 0 Å². The van der Waals surface area contributed by atoms with Crippen LogP contribution in [0.3, 0.4) is 0 Å². The summed E-state index contributed by atoms with van der Waals surface area (Å²) >= 11 is 0. The third-order valence-corrected chi connectivity index (χ3v) is 2.76. The van der Waals surface area contributed by atoms with Gasteiger partial charge < -0.3 is 5.32 Å². The molecule has 0 spiro atoms. The second-order valence-electron chi connectivity index (χ2n) is 3.98. The number of carbonyl (C=O) groups excluding carboxylic acids is 1. The summed E-state index contributed by atoms with van der Waals surface area (Å²) in [5, 5.41) is 2.32. The summed E-state index contributed by atoms with van der Waals surface area (Å²) in [6.07, 6.45) is 4.37. The first-order valence-electron chi connectivity index (χ1n) is 5.37. The standard InChI is InChI=1S/C11H17F2NO/c1-2-10(15)14-9-7-5-3-4-6-8-11(9,12)13/h2,9H,1,3-8H2,(H,14,15). The minimum atomic E-state index is -2.78. The molecule has 1 saturated carbocycles. The van der Waals surface area contributed by atoms with Gasteiger partial charge in [0.25, 0.3) is 5.92 Å². The van der Waals surface area contributed by atoms with E-state index in [4.69, 9.17) is 0 Å². The predicted molar refractivity (Wildman–Crippen MR) is 54.8 cm³/mol. The zero-order valence-electron chi connectivity index (χ0n) is 8.77. The van der Waals surface area contributed by atoms with E-state index in [0.29, 0.717) is 12.8 Å². The number of hydrogen-bond acceptors (Lipinski definition) is 1. The van der Waals surface area contributed by atoms with Gasteiger partial charge in [0.05, 0.1) is 6.04 Å². The van der Waals surface area contributed by atoms with Gasteiger partial charge in [-0.25, -0.2) is 8.78 Å². The zero-order valence-corrected chi connectivity index (χ0v) is 8.77. The van der Waals surface area contributed by atoms with Crippen molar-refractivity contribution in [2.75, 3.05) is 0 Å². The van der Waals surface area contributed by atoms with Gasteiger partial charge in [-0.15, -0.1) is 0 Å². The van der Waals surface area contributed by atoms with Crippen LogP contribution in [-0.4, -0.2) is 17.9 Å². The van der Waals surface area contributed by atoms with Crippen molar-refractivity contribution in [1.29, 1.82) is 0 Å². The van der Waals surface area contributed by atoms with E-state index in [0.717, 1.165) is 25.3 Å². The van der Waals surface area contributed by atoms with E-state index in [-0.39, 0.29) is 6.42 Å². The van der Waals surface area contributed by atoms with Gasteiger partial charge in [0.2, 0.25) is 5.91 Å². The first kappa shape index (κ1) is 12.1. The highest BCUT2D eigenvalue weighted by atomic mass is 19.3. The Morgan fingerprint density at radius 1 is 1.33 bits per heavy atom. The Kier molecular flexibility index (Phi) is 4.24. The van der Waals surface area contributed by atoms with Crippen molar-refractivity contribution in [3.63, 3.8) is 0 Å². The van der Waals surface area contributed by atoms with Crippen molar-refractivity contribution in [2.24, 2.45) is 0 Å². The van der Waals surface area contributed by atoms with Gasteiger partial charge in [-0.05, 0) is 18.9 Å². The Hall–Kier alpha value is -0.930. The van der Waals surface area contributed by atoms with Crippen LogP contribution in [-0.2, 0) is 4.79 Å².